The standard InChI is InChI=1S/C38H41N3O6/c1-4-22-39(24-26-12-8-6-9-13-26)35(43)32-31-20-21-38(47-31)33(32)36(44)41(30(25-42)27-14-10-7-11-15-27)34(38)37(45)40(23-5-2)28-16-18-29(46-3)19-17-28/h4-19,30-34,42H,1-2,20-25H2,3H3/t30-,31+,32-,33+,34?,38?/m1/s1. The number of ether oxygens (including phenoxy) is 2. The lowest BCUT2D eigenvalue weighted by Gasteiger charge is -2.39. The van der Waals surface area contributed by atoms with Crippen LogP contribution in [0.1, 0.15) is 30.0 Å². The monoisotopic (exact) mass is 635 g/mol. The van der Waals surface area contributed by atoms with E-state index in [0.29, 0.717) is 42.9 Å². The first-order valence-electron chi connectivity index (χ1n) is 16.0. The number of methoxy groups -OCH3 is 1. The number of anilines is 1. The molecule has 3 aliphatic rings. The quantitative estimate of drug-likeness (QED) is 0.277. The molecule has 3 heterocycles. The number of benzene rings is 3. The second-order valence-electron chi connectivity index (χ2n) is 12.3. The molecule has 2 bridgehead atoms. The fraction of sp³-hybridized carbons (Fsp3) is 0.342. The molecular formula is C38H41N3O6. The first-order chi connectivity index (χ1) is 22.9. The molecule has 0 radical (unpaired) electrons. The summed E-state index contributed by atoms with van der Waals surface area (Å²) >= 11 is 0. The van der Waals surface area contributed by atoms with Gasteiger partial charge in [0.15, 0.2) is 0 Å². The number of aliphatic hydroxyl groups is 1. The maximum absolute atomic E-state index is 15.0. The summed E-state index contributed by atoms with van der Waals surface area (Å²) in [5.41, 5.74) is 0.994. The molecule has 3 amide bonds. The molecule has 0 aliphatic carbocycles. The number of carbonyl (C=O) groups excluding carboxylic acids is 3. The lowest BCUT2D eigenvalue weighted by atomic mass is 9.70. The van der Waals surface area contributed by atoms with Crippen LogP contribution >= 0.6 is 0 Å². The highest BCUT2D eigenvalue weighted by Gasteiger charge is 2.75. The number of aliphatic hydroxyl groups excluding tert-OH is 1. The van der Waals surface area contributed by atoms with E-state index in [1.807, 2.05) is 60.7 Å². The van der Waals surface area contributed by atoms with Crippen LogP contribution in [0.3, 0.4) is 0 Å². The first-order valence-corrected chi connectivity index (χ1v) is 16.0. The summed E-state index contributed by atoms with van der Waals surface area (Å²) in [7, 11) is 1.57. The number of nitrogens with zero attached hydrogens (tertiary/aromatic N) is 3. The Labute approximate surface area is 275 Å². The van der Waals surface area contributed by atoms with Gasteiger partial charge in [0.1, 0.15) is 17.4 Å². The van der Waals surface area contributed by atoms with E-state index < -0.39 is 42.2 Å². The van der Waals surface area contributed by atoms with Crippen molar-refractivity contribution >= 4 is 23.4 Å². The lowest BCUT2D eigenvalue weighted by Crippen LogP contribution is -2.57. The van der Waals surface area contributed by atoms with Gasteiger partial charge < -0.3 is 29.3 Å². The van der Waals surface area contributed by atoms with Gasteiger partial charge in [-0.15, -0.1) is 13.2 Å². The molecule has 244 valence electrons. The smallest absolute Gasteiger partial charge is 0.253 e. The third-order valence-corrected chi connectivity index (χ3v) is 9.79. The minimum atomic E-state index is -1.25. The van der Waals surface area contributed by atoms with Crippen LogP contribution in [0.5, 0.6) is 5.75 Å². The molecule has 6 rings (SSSR count). The molecule has 3 saturated heterocycles. The summed E-state index contributed by atoms with van der Waals surface area (Å²) in [6, 6.07) is 24.1. The molecule has 2 unspecified atom stereocenters. The van der Waals surface area contributed by atoms with Crippen molar-refractivity contribution in [1.29, 1.82) is 0 Å². The molecule has 3 fully saturated rings. The Kier molecular flexibility index (Phi) is 9.29. The first kappa shape index (κ1) is 32.2. The molecule has 9 nitrogen and oxygen atoms in total. The van der Waals surface area contributed by atoms with Crippen LogP contribution in [0.4, 0.5) is 5.69 Å². The summed E-state index contributed by atoms with van der Waals surface area (Å²) in [5, 5.41) is 10.8. The largest absolute Gasteiger partial charge is 0.497 e. The predicted octanol–water partition coefficient (Wildman–Crippen LogP) is 4.54. The Morgan fingerprint density at radius 1 is 1.00 bits per heavy atom. The van der Waals surface area contributed by atoms with Crippen LogP contribution in [0, 0.1) is 11.8 Å². The molecule has 6 atom stereocenters. The van der Waals surface area contributed by atoms with Gasteiger partial charge in [-0.2, -0.15) is 0 Å². The summed E-state index contributed by atoms with van der Waals surface area (Å²) in [5.74, 6) is -1.97. The van der Waals surface area contributed by atoms with Crippen LogP contribution in [-0.4, -0.2) is 77.2 Å². The van der Waals surface area contributed by atoms with E-state index in [4.69, 9.17) is 9.47 Å². The van der Waals surface area contributed by atoms with Crippen molar-refractivity contribution in [3.05, 3.63) is 121 Å². The molecule has 3 aliphatic heterocycles. The highest BCUT2D eigenvalue weighted by Crippen LogP contribution is 2.60. The van der Waals surface area contributed by atoms with E-state index in [-0.39, 0.29) is 24.3 Å². The lowest BCUT2D eigenvalue weighted by molar-refractivity contribution is -0.147. The van der Waals surface area contributed by atoms with Gasteiger partial charge in [0.05, 0.1) is 37.7 Å². The molecule has 3 aromatic rings. The highest BCUT2D eigenvalue weighted by molar-refractivity contribution is 6.05. The van der Waals surface area contributed by atoms with Gasteiger partial charge in [-0.1, -0.05) is 72.8 Å². The van der Waals surface area contributed by atoms with Gasteiger partial charge in [0.25, 0.3) is 5.91 Å². The van der Waals surface area contributed by atoms with Crippen molar-refractivity contribution in [2.45, 2.75) is 43.2 Å². The summed E-state index contributed by atoms with van der Waals surface area (Å²) in [4.78, 5) is 49.1. The SMILES string of the molecule is C=CCN(Cc1ccccc1)C(=O)[C@@H]1[C@@H]2CCC3(O2)C(C(=O)N(CC=C)c2ccc(OC)cc2)N([C@H](CO)c2ccccc2)C(=O)[C@H]13. The van der Waals surface area contributed by atoms with Crippen LogP contribution in [0.15, 0.2) is 110 Å². The molecule has 1 N–H and O–H groups in total. The summed E-state index contributed by atoms with van der Waals surface area (Å²) in [6.07, 6.45) is 3.76. The molecular weight excluding hydrogens is 594 g/mol. The van der Waals surface area contributed by atoms with Gasteiger partial charge in [-0.05, 0) is 48.2 Å². The van der Waals surface area contributed by atoms with E-state index in [2.05, 4.69) is 13.2 Å². The Bertz CT molecular complexity index is 1610. The zero-order chi connectivity index (χ0) is 33.1. The van der Waals surface area contributed by atoms with Crippen molar-refractivity contribution in [1.82, 2.24) is 9.80 Å². The third kappa shape index (κ3) is 5.64. The number of rotatable bonds is 13. The van der Waals surface area contributed by atoms with Crippen LogP contribution < -0.4 is 9.64 Å². The molecule has 47 heavy (non-hydrogen) atoms. The average molecular weight is 636 g/mol. The molecule has 3 aromatic carbocycles. The fourth-order valence-electron chi connectivity index (χ4n) is 7.78. The van der Waals surface area contributed by atoms with Crippen molar-refractivity contribution in [3.8, 4) is 5.75 Å². The van der Waals surface area contributed by atoms with Gasteiger partial charge in [-0.3, -0.25) is 14.4 Å². The minimum Gasteiger partial charge on any atom is -0.497 e. The van der Waals surface area contributed by atoms with E-state index in [1.165, 1.54) is 4.90 Å². The number of hydrogen-bond acceptors (Lipinski definition) is 6. The zero-order valence-electron chi connectivity index (χ0n) is 26.6. The Hall–Kier alpha value is -4.73. The number of amides is 3. The minimum absolute atomic E-state index is 0.176. The molecule has 0 saturated carbocycles. The van der Waals surface area contributed by atoms with E-state index >= 15 is 0 Å². The fourth-order valence-corrected chi connectivity index (χ4v) is 7.78. The van der Waals surface area contributed by atoms with Crippen molar-refractivity contribution in [3.63, 3.8) is 0 Å². The summed E-state index contributed by atoms with van der Waals surface area (Å²) in [6.45, 7) is 8.18. The van der Waals surface area contributed by atoms with Crippen LogP contribution in [0.2, 0.25) is 0 Å². The number of fused-ring (bicyclic) bond motifs is 1. The van der Waals surface area contributed by atoms with Gasteiger partial charge >= 0.3 is 0 Å². The molecule has 1 spiro atoms. The normalized spacial score (nSPS) is 24.8. The second-order valence-corrected chi connectivity index (χ2v) is 12.3. The van der Waals surface area contributed by atoms with Gasteiger partial charge in [-0.25, -0.2) is 0 Å². The van der Waals surface area contributed by atoms with Gasteiger partial charge in [0, 0.05) is 25.3 Å². The molecule has 9 heteroatoms. The van der Waals surface area contributed by atoms with E-state index in [9.17, 15) is 19.5 Å². The topological polar surface area (TPSA) is 99.6 Å². The Balaban J connectivity index is 1.44. The van der Waals surface area contributed by atoms with E-state index in [0.717, 1.165) is 5.56 Å². The number of likely N-dealkylation sites (tertiary alicyclic amines) is 1. The maximum Gasteiger partial charge on any atom is 0.253 e. The number of hydrogen-bond donors (Lipinski definition) is 1. The van der Waals surface area contributed by atoms with Crippen LogP contribution in [-0.2, 0) is 25.7 Å². The van der Waals surface area contributed by atoms with Crippen molar-refractivity contribution in [2.24, 2.45) is 11.8 Å². The van der Waals surface area contributed by atoms with Gasteiger partial charge in [0.2, 0.25) is 11.8 Å². The van der Waals surface area contributed by atoms with Crippen LogP contribution in [0.25, 0.3) is 0 Å². The Morgan fingerprint density at radius 2 is 1.66 bits per heavy atom. The maximum atomic E-state index is 15.0. The summed E-state index contributed by atoms with van der Waals surface area (Å²) < 4.78 is 12.1. The average Bonchev–Trinajstić information content (AvgIpc) is 3.75. The third-order valence-electron chi connectivity index (χ3n) is 9.79. The van der Waals surface area contributed by atoms with Crippen molar-refractivity contribution < 1.29 is 29.0 Å². The number of carbonyl (C=O) groups is 3. The zero-order valence-corrected chi connectivity index (χ0v) is 26.6. The van der Waals surface area contributed by atoms with E-state index in [1.54, 1.807) is 53.3 Å². The Morgan fingerprint density at radius 3 is 2.28 bits per heavy atom. The second kappa shape index (κ2) is 13.6. The predicted molar refractivity (Wildman–Crippen MR) is 178 cm³/mol. The highest BCUT2D eigenvalue weighted by atomic mass is 16.5. The molecule has 0 aromatic heterocycles. The van der Waals surface area contributed by atoms with Crippen molar-refractivity contribution in [2.75, 3.05) is 31.7 Å².